The number of rotatable bonds is 4. The van der Waals surface area contributed by atoms with Crippen molar-refractivity contribution in [3.63, 3.8) is 0 Å². The zero-order valence-corrected chi connectivity index (χ0v) is 10.2. The van der Waals surface area contributed by atoms with Crippen molar-refractivity contribution in [1.82, 2.24) is 15.0 Å². The number of pyridine rings is 1. The van der Waals surface area contributed by atoms with Crippen molar-refractivity contribution in [3.05, 3.63) is 24.8 Å². The van der Waals surface area contributed by atoms with Gasteiger partial charge in [-0.05, 0) is 19.9 Å². The zero-order chi connectivity index (χ0) is 13.0. The van der Waals surface area contributed by atoms with E-state index in [2.05, 4.69) is 15.0 Å². The highest BCUT2D eigenvalue weighted by Crippen LogP contribution is 2.20. The molecule has 0 fully saturated rings. The highest BCUT2D eigenvalue weighted by atomic mass is 16.6. The number of aromatic nitrogens is 3. The summed E-state index contributed by atoms with van der Waals surface area (Å²) in [5.74, 6) is -0.0683. The topological polar surface area (TPSA) is 74.2 Å². The van der Waals surface area contributed by atoms with E-state index in [4.69, 9.17) is 9.47 Å². The first kappa shape index (κ1) is 12.2. The molecule has 6 heteroatoms. The summed E-state index contributed by atoms with van der Waals surface area (Å²) in [6.45, 7) is 3.68. The van der Waals surface area contributed by atoms with Gasteiger partial charge in [-0.25, -0.2) is 14.8 Å². The van der Waals surface area contributed by atoms with Crippen molar-refractivity contribution >= 4 is 16.9 Å². The second-order valence-corrected chi connectivity index (χ2v) is 3.58. The number of esters is 1. The molecule has 6 nitrogen and oxygen atoms in total. The summed E-state index contributed by atoms with van der Waals surface area (Å²) in [5.41, 5.74) is 0.665. The first-order chi connectivity index (χ1) is 8.72. The summed E-state index contributed by atoms with van der Waals surface area (Å²) in [6.07, 6.45) is 3.89. The average Bonchev–Trinajstić information content (AvgIpc) is 2.39. The zero-order valence-electron chi connectivity index (χ0n) is 10.2. The molecule has 0 amide bonds. The molecule has 0 saturated heterocycles. The van der Waals surface area contributed by atoms with E-state index >= 15 is 0 Å². The summed E-state index contributed by atoms with van der Waals surface area (Å²) in [5, 5.41) is 0.712. The van der Waals surface area contributed by atoms with Gasteiger partial charge in [0.25, 0.3) is 0 Å². The van der Waals surface area contributed by atoms with Gasteiger partial charge in [0.1, 0.15) is 6.33 Å². The van der Waals surface area contributed by atoms with Gasteiger partial charge >= 0.3 is 5.97 Å². The quantitative estimate of drug-likeness (QED) is 0.759. The minimum atomic E-state index is -0.712. The fourth-order valence-electron chi connectivity index (χ4n) is 1.45. The fraction of sp³-hybridized carbons (Fsp3) is 0.333. The molecule has 0 saturated carbocycles. The number of carbonyl (C=O) groups excluding carboxylic acids is 1. The Balaban J connectivity index is 2.24. The van der Waals surface area contributed by atoms with Gasteiger partial charge in [-0.1, -0.05) is 0 Å². The van der Waals surface area contributed by atoms with E-state index in [1.165, 1.54) is 6.33 Å². The highest BCUT2D eigenvalue weighted by Gasteiger charge is 2.17. The van der Waals surface area contributed by atoms with Gasteiger partial charge in [0.2, 0.25) is 5.88 Å². The highest BCUT2D eigenvalue weighted by molar-refractivity contribution is 5.83. The Bertz CT molecular complexity index is 554. The second kappa shape index (κ2) is 5.39. The van der Waals surface area contributed by atoms with E-state index in [0.29, 0.717) is 23.4 Å². The smallest absolute Gasteiger partial charge is 0.347 e. The molecule has 1 atom stereocenters. The minimum absolute atomic E-state index is 0.320. The molecule has 2 aromatic heterocycles. The molecule has 0 aliphatic carbocycles. The lowest BCUT2D eigenvalue weighted by atomic mass is 10.3. The fourth-order valence-corrected chi connectivity index (χ4v) is 1.45. The Morgan fingerprint density at radius 2 is 2.28 bits per heavy atom. The van der Waals surface area contributed by atoms with Crippen LogP contribution < -0.4 is 4.74 Å². The van der Waals surface area contributed by atoms with Crippen LogP contribution in [0, 0.1) is 0 Å². The summed E-state index contributed by atoms with van der Waals surface area (Å²) in [6, 6.07) is 1.74. The number of nitrogens with zero attached hydrogens (tertiary/aromatic N) is 3. The van der Waals surface area contributed by atoms with Crippen molar-refractivity contribution in [2.24, 2.45) is 0 Å². The average molecular weight is 247 g/mol. The standard InChI is InChI=1S/C12H13N3O3/c1-3-17-12(16)8(2)18-11-9-4-5-13-6-10(9)14-7-15-11/h4-8H,3H2,1-2H3. The Labute approximate surface area is 104 Å². The number of carbonyl (C=O) groups is 1. The summed E-state index contributed by atoms with van der Waals surface area (Å²) in [7, 11) is 0. The maximum atomic E-state index is 11.5. The molecule has 2 rings (SSSR count). The molecule has 0 N–H and O–H groups in total. The predicted molar refractivity (Wildman–Crippen MR) is 64.1 cm³/mol. The third kappa shape index (κ3) is 2.53. The second-order valence-electron chi connectivity index (χ2n) is 3.58. The molecule has 94 valence electrons. The molecule has 2 heterocycles. The number of fused-ring (bicyclic) bond motifs is 1. The van der Waals surface area contributed by atoms with E-state index in [0.717, 1.165) is 0 Å². The van der Waals surface area contributed by atoms with Crippen LogP contribution in [0.4, 0.5) is 0 Å². The summed E-state index contributed by atoms with van der Waals surface area (Å²) in [4.78, 5) is 23.5. The van der Waals surface area contributed by atoms with Crippen LogP contribution in [0.25, 0.3) is 10.9 Å². The van der Waals surface area contributed by atoms with Gasteiger partial charge in [0.15, 0.2) is 6.10 Å². The van der Waals surface area contributed by atoms with Gasteiger partial charge in [-0.15, -0.1) is 0 Å². The molecule has 1 unspecified atom stereocenters. The van der Waals surface area contributed by atoms with Crippen LogP contribution in [0.1, 0.15) is 13.8 Å². The lowest BCUT2D eigenvalue weighted by Crippen LogP contribution is -2.26. The molecule has 0 spiro atoms. The number of hydrogen-bond acceptors (Lipinski definition) is 6. The van der Waals surface area contributed by atoms with Gasteiger partial charge in [0.05, 0.1) is 23.7 Å². The first-order valence-electron chi connectivity index (χ1n) is 5.60. The number of hydrogen-bond donors (Lipinski definition) is 0. The van der Waals surface area contributed by atoms with E-state index in [-0.39, 0.29) is 0 Å². The molecule has 0 aromatic carbocycles. The molecule has 2 aromatic rings. The van der Waals surface area contributed by atoms with Crippen molar-refractivity contribution in [1.29, 1.82) is 0 Å². The van der Waals surface area contributed by atoms with E-state index in [1.807, 2.05) is 0 Å². The number of ether oxygens (including phenoxy) is 2. The molecule has 0 aliphatic heterocycles. The van der Waals surface area contributed by atoms with E-state index in [1.54, 1.807) is 32.3 Å². The summed E-state index contributed by atoms with van der Waals surface area (Å²) >= 11 is 0. The van der Waals surface area contributed by atoms with Crippen LogP contribution in [0.3, 0.4) is 0 Å². The molecule has 18 heavy (non-hydrogen) atoms. The Kier molecular flexibility index (Phi) is 3.66. The van der Waals surface area contributed by atoms with Crippen molar-refractivity contribution in [2.75, 3.05) is 6.61 Å². The van der Waals surface area contributed by atoms with Crippen LogP contribution in [-0.2, 0) is 9.53 Å². The monoisotopic (exact) mass is 247 g/mol. The van der Waals surface area contributed by atoms with Gasteiger partial charge < -0.3 is 9.47 Å². The van der Waals surface area contributed by atoms with Crippen LogP contribution in [0.5, 0.6) is 5.88 Å². The molecule has 0 radical (unpaired) electrons. The van der Waals surface area contributed by atoms with Crippen molar-refractivity contribution < 1.29 is 14.3 Å². The van der Waals surface area contributed by atoms with E-state index < -0.39 is 12.1 Å². The normalized spacial score (nSPS) is 12.1. The van der Waals surface area contributed by atoms with E-state index in [9.17, 15) is 4.79 Å². The molecule has 0 bridgehead atoms. The molecular formula is C12H13N3O3. The largest absolute Gasteiger partial charge is 0.463 e. The Hall–Kier alpha value is -2.24. The lowest BCUT2D eigenvalue weighted by Gasteiger charge is -2.13. The lowest BCUT2D eigenvalue weighted by molar-refractivity contribution is -0.150. The Morgan fingerprint density at radius 3 is 3.06 bits per heavy atom. The van der Waals surface area contributed by atoms with Gasteiger partial charge in [0, 0.05) is 6.20 Å². The summed E-state index contributed by atoms with van der Waals surface area (Å²) < 4.78 is 10.4. The van der Waals surface area contributed by atoms with Gasteiger partial charge in [-0.2, -0.15) is 0 Å². The van der Waals surface area contributed by atoms with Crippen LogP contribution in [-0.4, -0.2) is 33.6 Å². The maximum absolute atomic E-state index is 11.5. The predicted octanol–water partition coefficient (Wildman–Crippen LogP) is 1.36. The third-order valence-corrected chi connectivity index (χ3v) is 2.31. The SMILES string of the molecule is CCOC(=O)C(C)Oc1ncnc2cnccc12. The third-order valence-electron chi connectivity index (χ3n) is 2.31. The van der Waals surface area contributed by atoms with Crippen LogP contribution in [0.15, 0.2) is 24.8 Å². The first-order valence-corrected chi connectivity index (χ1v) is 5.60. The molecule has 0 aliphatic rings. The van der Waals surface area contributed by atoms with Crippen molar-refractivity contribution in [3.8, 4) is 5.88 Å². The maximum Gasteiger partial charge on any atom is 0.347 e. The molecular weight excluding hydrogens is 234 g/mol. The van der Waals surface area contributed by atoms with Gasteiger partial charge in [-0.3, -0.25) is 4.98 Å². The van der Waals surface area contributed by atoms with Crippen molar-refractivity contribution in [2.45, 2.75) is 20.0 Å². The minimum Gasteiger partial charge on any atom is -0.463 e. The van der Waals surface area contributed by atoms with Crippen LogP contribution in [0.2, 0.25) is 0 Å². The van der Waals surface area contributed by atoms with Crippen LogP contribution >= 0.6 is 0 Å². The Morgan fingerprint density at radius 1 is 1.44 bits per heavy atom.